The predicted octanol–water partition coefficient (Wildman–Crippen LogP) is 3.41. The maximum Gasteiger partial charge on any atom is 0.257 e. The molecule has 30 heavy (non-hydrogen) atoms. The molecule has 4 heterocycles. The number of aromatic nitrogens is 4. The highest BCUT2D eigenvalue weighted by Gasteiger charge is 2.35. The number of nitrogens with zero attached hydrogens (tertiary/aromatic N) is 5. The van der Waals surface area contributed by atoms with Crippen LogP contribution in [0.15, 0.2) is 18.3 Å². The number of halogens is 3. The second kappa shape index (κ2) is 6.72. The first-order chi connectivity index (χ1) is 14.4. The van der Waals surface area contributed by atoms with Gasteiger partial charge in [0.05, 0.1) is 34.9 Å². The molecule has 0 aliphatic carbocycles. The summed E-state index contributed by atoms with van der Waals surface area (Å²) in [5.74, 6) is -4.05. The first-order valence-corrected chi connectivity index (χ1v) is 9.93. The topological polar surface area (TPSA) is 56.0 Å². The van der Waals surface area contributed by atoms with E-state index in [1.807, 2.05) is 11.6 Å². The van der Waals surface area contributed by atoms with E-state index in [1.165, 1.54) is 0 Å². The number of hydrogen-bond acceptors (Lipinski definition) is 3. The molecule has 1 aromatic carbocycles. The lowest BCUT2D eigenvalue weighted by atomic mass is 9.95. The Morgan fingerprint density at radius 2 is 1.87 bits per heavy atom. The summed E-state index contributed by atoms with van der Waals surface area (Å²) in [4.78, 5) is 15.0. The van der Waals surface area contributed by atoms with E-state index in [4.69, 9.17) is 0 Å². The Morgan fingerprint density at radius 3 is 2.60 bits per heavy atom. The summed E-state index contributed by atoms with van der Waals surface area (Å²) >= 11 is 0. The van der Waals surface area contributed by atoms with Crippen LogP contribution in [0.1, 0.15) is 46.7 Å². The number of aryl methyl sites for hydroxylation is 2. The number of rotatable bonds is 2. The van der Waals surface area contributed by atoms with Crippen molar-refractivity contribution in [2.24, 2.45) is 7.05 Å². The fourth-order valence-electron chi connectivity index (χ4n) is 4.67. The second-order valence-corrected chi connectivity index (χ2v) is 7.85. The molecule has 0 fully saturated rings. The van der Waals surface area contributed by atoms with Gasteiger partial charge in [-0.25, -0.2) is 13.2 Å². The number of fused-ring (bicyclic) bond motifs is 2. The minimum atomic E-state index is -1.49. The van der Waals surface area contributed by atoms with Gasteiger partial charge in [-0.1, -0.05) is 0 Å². The van der Waals surface area contributed by atoms with Crippen molar-refractivity contribution in [1.29, 1.82) is 0 Å². The van der Waals surface area contributed by atoms with Gasteiger partial charge in [0.2, 0.25) is 0 Å². The van der Waals surface area contributed by atoms with Gasteiger partial charge >= 0.3 is 0 Å². The van der Waals surface area contributed by atoms with Crippen molar-refractivity contribution in [3.63, 3.8) is 0 Å². The quantitative estimate of drug-likeness (QED) is 0.603. The first-order valence-electron chi connectivity index (χ1n) is 9.93. The molecule has 1 amide bonds. The van der Waals surface area contributed by atoms with Crippen LogP contribution in [0.25, 0.3) is 11.3 Å². The molecule has 1 atom stereocenters. The molecular formula is C21H20F3N5O. The highest BCUT2D eigenvalue weighted by molar-refractivity contribution is 5.95. The largest absolute Gasteiger partial charge is 0.330 e. The Morgan fingerprint density at radius 1 is 1.13 bits per heavy atom. The monoisotopic (exact) mass is 415 g/mol. The molecule has 2 aliphatic heterocycles. The average Bonchev–Trinajstić information content (AvgIpc) is 3.39. The number of benzene rings is 1. The summed E-state index contributed by atoms with van der Waals surface area (Å²) < 4.78 is 44.4. The zero-order valence-corrected chi connectivity index (χ0v) is 16.6. The Hall–Kier alpha value is -3.10. The minimum absolute atomic E-state index is 0.0811. The Kier molecular flexibility index (Phi) is 4.23. The molecule has 2 aromatic heterocycles. The first kappa shape index (κ1) is 18.9. The van der Waals surface area contributed by atoms with Crippen LogP contribution in [0.4, 0.5) is 13.2 Å². The fraction of sp³-hybridized carbons (Fsp3) is 0.381. The fourth-order valence-corrected chi connectivity index (χ4v) is 4.67. The van der Waals surface area contributed by atoms with Gasteiger partial charge in [0.1, 0.15) is 0 Å². The van der Waals surface area contributed by atoms with E-state index >= 15 is 0 Å². The van der Waals surface area contributed by atoms with Crippen molar-refractivity contribution in [2.45, 2.75) is 38.8 Å². The van der Waals surface area contributed by atoms with Crippen LogP contribution in [-0.2, 0) is 26.4 Å². The van der Waals surface area contributed by atoms with Gasteiger partial charge in [-0.2, -0.15) is 10.2 Å². The van der Waals surface area contributed by atoms with E-state index in [2.05, 4.69) is 10.2 Å². The third-order valence-electron chi connectivity index (χ3n) is 6.12. The molecule has 0 N–H and O–H groups in total. The summed E-state index contributed by atoms with van der Waals surface area (Å²) in [7, 11) is 1.68. The number of hydrogen-bond donors (Lipinski definition) is 0. The van der Waals surface area contributed by atoms with Gasteiger partial charge < -0.3 is 4.90 Å². The molecule has 156 valence electrons. The van der Waals surface area contributed by atoms with E-state index in [0.29, 0.717) is 29.9 Å². The van der Waals surface area contributed by atoms with Crippen LogP contribution in [0.5, 0.6) is 0 Å². The van der Waals surface area contributed by atoms with Crippen molar-refractivity contribution in [3.8, 4) is 11.3 Å². The number of carbonyl (C=O) groups excluding carboxylic acids is 1. The van der Waals surface area contributed by atoms with Crippen LogP contribution < -0.4 is 0 Å². The van der Waals surface area contributed by atoms with Crippen LogP contribution >= 0.6 is 0 Å². The molecule has 0 bridgehead atoms. The summed E-state index contributed by atoms with van der Waals surface area (Å²) in [5.41, 5.74) is 3.86. The van der Waals surface area contributed by atoms with E-state index in [9.17, 15) is 18.0 Å². The highest BCUT2D eigenvalue weighted by Crippen LogP contribution is 2.37. The smallest absolute Gasteiger partial charge is 0.257 e. The van der Waals surface area contributed by atoms with Crippen LogP contribution in [0.2, 0.25) is 0 Å². The van der Waals surface area contributed by atoms with Crippen LogP contribution in [0.3, 0.4) is 0 Å². The third-order valence-corrected chi connectivity index (χ3v) is 6.12. The molecule has 3 aromatic rings. The summed E-state index contributed by atoms with van der Waals surface area (Å²) in [6.07, 6.45) is 3.94. The van der Waals surface area contributed by atoms with E-state index in [1.54, 1.807) is 22.8 Å². The lowest BCUT2D eigenvalue weighted by Crippen LogP contribution is -2.39. The Balaban J connectivity index is 1.51. The zero-order chi connectivity index (χ0) is 21.2. The zero-order valence-electron chi connectivity index (χ0n) is 16.6. The minimum Gasteiger partial charge on any atom is -0.330 e. The Bertz CT molecular complexity index is 1160. The SMILES string of the molecule is C[C@H]1c2nn(C)c(-c3cc(F)c(F)c(F)c3)c2CCN1C(=O)c1cnn2c1CCC2. The maximum absolute atomic E-state index is 13.8. The molecule has 0 unspecified atom stereocenters. The van der Waals surface area contributed by atoms with Crippen LogP contribution in [-0.4, -0.2) is 36.9 Å². The molecule has 6 nitrogen and oxygen atoms in total. The lowest BCUT2D eigenvalue weighted by Gasteiger charge is -2.33. The predicted molar refractivity (Wildman–Crippen MR) is 102 cm³/mol. The van der Waals surface area contributed by atoms with Crippen molar-refractivity contribution in [1.82, 2.24) is 24.5 Å². The van der Waals surface area contributed by atoms with Gasteiger partial charge in [-0.3, -0.25) is 14.2 Å². The number of carbonyl (C=O) groups is 1. The van der Waals surface area contributed by atoms with Gasteiger partial charge in [0, 0.05) is 31.3 Å². The van der Waals surface area contributed by atoms with E-state index < -0.39 is 17.5 Å². The standard InChI is InChI=1S/C21H20F3N5O/c1-11-19-13(20(27(2)26-19)12-8-15(22)18(24)16(23)9-12)5-7-28(11)21(30)14-10-25-29-6-3-4-17(14)29/h8-11H,3-7H2,1-2H3/t11-/m0/s1. The maximum atomic E-state index is 13.8. The highest BCUT2D eigenvalue weighted by atomic mass is 19.2. The van der Waals surface area contributed by atoms with Gasteiger partial charge in [0.25, 0.3) is 5.91 Å². The van der Waals surface area contributed by atoms with Crippen molar-refractivity contribution < 1.29 is 18.0 Å². The van der Waals surface area contributed by atoms with E-state index in [-0.39, 0.29) is 17.5 Å². The lowest BCUT2D eigenvalue weighted by molar-refractivity contribution is 0.0672. The molecular weight excluding hydrogens is 395 g/mol. The normalized spacial score (nSPS) is 17.9. The third kappa shape index (κ3) is 2.68. The summed E-state index contributed by atoms with van der Waals surface area (Å²) in [5, 5.41) is 8.85. The average molecular weight is 415 g/mol. The molecule has 5 rings (SSSR count). The number of amides is 1. The molecule has 2 aliphatic rings. The van der Waals surface area contributed by atoms with Crippen molar-refractivity contribution in [2.75, 3.05) is 6.54 Å². The van der Waals surface area contributed by atoms with Crippen molar-refractivity contribution in [3.05, 3.63) is 58.3 Å². The molecule has 0 saturated heterocycles. The molecule has 0 radical (unpaired) electrons. The van der Waals surface area contributed by atoms with Gasteiger partial charge in [-0.05, 0) is 38.3 Å². The van der Waals surface area contributed by atoms with Gasteiger partial charge in [0.15, 0.2) is 17.5 Å². The molecule has 0 saturated carbocycles. The van der Waals surface area contributed by atoms with Gasteiger partial charge in [-0.15, -0.1) is 0 Å². The summed E-state index contributed by atoms with van der Waals surface area (Å²) in [6.45, 7) is 3.17. The Labute approximate surface area is 170 Å². The molecule has 9 heteroatoms. The second-order valence-electron chi connectivity index (χ2n) is 7.85. The molecule has 0 spiro atoms. The summed E-state index contributed by atoms with van der Waals surface area (Å²) in [6, 6.07) is 1.65. The van der Waals surface area contributed by atoms with Crippen LogP contribution in [0, 0.1) is 17.5 Å². The van der Waals surface area contributed by atoms with Crippen molar-refractivity contribution >= 4 is 5.91 Å². The van der Waals surface area contributed by atoms with E-state index in [0.717, 1.165) is 42.8 Å².